The molecule has 0 radical (unpaired) electrons. The minimum atomic E-state index is -0.106. The van der Waals surface area contributed by atoms with Crippen molar-refractivity contribution in [2.45, 2.75) is 12.5 Å². The Morgan fingerprint density at radius 3 is 2.62 bits per heavy atom. The standard InChI is InChI=1S/C5H6O3/c6-2-4-1-5(4)8-3-7/h2-5H,1H2/t4-,5-/m1/s1. The lowest BCUT2D eigenvalue weighted by Gasteiger charge is -1.86. The fraction of sp³-hybridized carbons (Fsp3) is 0.600. The first kappa shape index (κ1) is 5.28. The van der Waals surface area contributed by atoms with Gasteiger partial charge in [0.05, 0.1) is 5.92 Å². The summed E-state index contributed by atoms with van der Waals surface area (Å²) in [5.41, 5.74) is 0. The molecule has 0 aromatic rings. The molecule has 0 aromatic heterocycles. The highest BCUT2D eigenvalue weighted by molar-refractivity contribution is 5.59. The van der Waals surface area contributed by atoms with Gasteiger partial charge < -0.3 is 9.53 Å². The summed E-state index contributed by atoms with van der Waals surface area (Å²) in [6.45, 7) is 0.383. The van der Waals surface area contributed by atoms with Crippen molar-refractivity contribution < 1.29 is 14.3 Å². The molecule has 0 unspecified atom stereocenters. The molecule has 0 saturated heterocycles. The van der Waals surface area contributed by atoms with Crippen LogP contribution in [0, 0.1) is 5.92 Å². The molecule has 0 heterocycles. The van der Waals surface area contributed by atoms with Gasteiger partial charge in [0, 0.05) is 0 Å². The van der Waals surface area contributed by atoms with Gasteiger partial charge in [-0.3, -0.25) is 4.79 Å². The van der Waals surface area contributed by atoms with Gasteiger partial charge in [0.1, 0.15) is 12.4 Å². The smallest absolute Gasteiger partial charge is 0.293 e. The largest absolute Gasteiger partial charge is 0.464 e. The van der Waals surface area contributed by atoms with Gasteiger partial charge in [-0.25, -0.2) is 0 Å². The average molecular weight is 114 g/mol. The van der Waals surface area contributed by atoms with Crippen molar-refractivity contribution in [3.05, 3.63) is 0 Å². The lowest BCUT2D eigenvalue weighted by atomic mass is 10.5. The molecule has 0 aliphatic heterocycles. The fourth-order valence-electron chi connectivity index (χ4n) is 0.561. The van der Waals surface area contributed by atoms with Gasteiger partial charge in [-0.05, 0) is 6.42 Å². The predicted octanol–water partition coefficient (Wildman–Crippen LogP) is -0.253. The lowest BCUT2D eigenvalue weighted by Crippen LogP contribution is -1.93. The Bertz CT molecular complexity index is 110. The van der Waals surface area contributed by atoms with Crippen LogP contribution < -0.4 is 0 Å². The van der Waals surface area contributed by atoms with Crippen molar-refractivity contribution >= 4 is 12.8 Å². The summed E-state index contributed by atoms with van der Waals surface area (Å²) in [5, 5.41) is 0. The van der Waals surface area contributed by atoms with Crippen LogP contribution in [-0.2, 0) is 14.3 Å². The summed E-state index contributed by atoms with van der Waals surface area (Å²) in [4.78, 5) is 19.4. The summed E-state index contributed by atoms with van der Waals surface area (Å²) in [6.07, 6.45) is 1.42. The van der Waals surface area contributed by atoms with Crippen LogP contribution in [0.2, 0.25) is 0 Å². The van der Waals surface area contributed by atoms with E-state index in [4.69, 9.17) is 0 Å². The van der Waals surface area contributed by atoms with Crippen molar-refractivity contribution in [2.24, 2.45) is 5.92 Å². The summed E-state index contributed by atoms with van der Waals surface area (Å²) < 4.78 is 4.44. The van der Waals surface area contributed by atoms with Crippen molar-refractivity contribution in [1.29, 1.82) is 0 Å². The number of hydrogen-bond donors (Lipinski definition) is 0. The third-order valence-electron chi connectivity index (χ3n) is 1.18. The summed E-state index contributed by atoms with van der Waals surface area (Å²) in [5.74, 6) is -0.0137. The van der Waals surface area contributed by atoms with E-state index < -0.39 is 0 Å². The van der Waals surface area contributed by atoms with E-state index in [2.05, 4.69) is 4.74 Å². The fourth-order valence-corrected chi connectivity index (χ4v) is 0.561. The second kappa shape index (κ2) is 1.94. The monoisotopic (exact) mass is 114 g/mol. The summed E-state index contributed by atoms with van der Waals surface area (Å²) >= 11 is 0. The maximum atomic E-state index is 9.86. The maximum absolute atomic E-state index is 9.86. The minimum absolute atomic E-state index is 0.0137. The zero-order valence-electron chi connectivity index (χ0n) is 4.24. The minimum Gasteiger partial charge on any atom is -0.464 e. The van der Waals surface area contributed by atoms with E-state index in [1.54, 1.807) is 0 Å². The molecular formula is C5H6O3. The van der Waals surface area contributed by atoms with Crippen LogP contribution in [0.4, 0.5) is 0 Å². The highest BCUT2D eigenvalue weighted by atomic mass is 16.5. The maximum Gasteiger partial charge on any atom is 0.293 e. The Morgan fingerprint density at radius 1 is 1.50 bits per heavy atom. The van der Waals surface area contributed by atoms with Crippen LogP contribution in [0.1, 0.15) is 6.42 Å². The Morgan fingerprint density at radius 2 is 2.25 bits per heavy atom. The highest BCUT2D eigenvalue weighted by Gasteiger charge is 2.38. The SMILES string of the molecule is O=CO[C@@H]1C[C@@H]1C=O. The number of hydrogen-bond acceptors (Lipinski definition) is 3. The number of rotatable bonds is 3. The average Bonchev–Trinajstić information content (AvgIpc) is 2.48. The zero-order valence-corrected chi connectivity index (χ0v) is 4.24. The lowest BCUT2D eigenvalue weighted by molar-refractivity contribution is -0.130. The van der Waals surface area contributed by atoms with Crippen LogP contribution in [0.15, 0.2) is 0 Å². The number of carbonyl (C=O) groups excluding carboxylic acids is 2. The molecular weight excluding hydrogens is 108 g/mol. The topological polar surface area (TPSA) is 43.4 Å². The number of carbonyl (C=O) groups is 2. The van der Waals surface area contributed by atoms with Gasteiger partial charge in [-0.15, -0.1) is 0 Å². The van der Waals surface area contributed by atoms with E-state index in [0.717, 1.165) is 6.29 Å². The van der Waals surface area contributed by atoms with Gasteiger partial charge in [0.2, 0.25) is 0 Å². The van der Waals surface area contributed by atoms with E-state index in [1.807, 2.05) is 0 Å². The molecule has 8 heavy (non-hydrogen) atoms. The molecule has 1 rings (SSSR count). The second-order valence-corrected chi connectivity index (χ2v) is 1.81. The van der Waals surface area contributed by atoms with Crippen molar-refractivity contribution in [1.82, 2.24) is 0 Å². The van der Waals surface area contributed by atoms with Crippen molar-refractivity contribution in [2.75, 3.05) is 0 Å². The first-order chi connectivity index (χ1) is 3.88. The van der Waals surface area contributed by atoms with E-state index in [9.17, 15) is 9.59 Å². The van der Waals surface area contributed by atoms with Crippen LogP contribution in [0.25, 0.3) is 0 Å². The molecule has 3 nitrogen and oxygen atoms in total. The molecule has 0 amide bonds. The molecule has 1 aliphatic carbocycles. The van der Waals surface area contributed by atoms with E-state index >= 15 is 0 Å². The van der Waals surface area contributed by atoms with Gasteiger partial charge in [-0.2, -0.15) is 0 Å². The Balaban J connectivity index is 2.16. The molecule has 1 saturated carbocycles. The van der Waals surface area contributed by atoms with Crippen LogP contribution in [-0.4, -0.2) is 18.9 Å². The molecule has 1 fully saturated rings. The second-order valence-electron chi connectivity index (χ2n) is 1.81. The van der Waals surface area contributed by atoms with Crippen LogP contribution >= 0.6 is 0 Å². The third kappa shape index (κ3) is 0.857. The first-order valence-corrected chi connectivity index (χ1v) is 2.43. The van der Waals surface area contributed by atoms with Gasteiger partial charge >= 0.3 is 0 Å². The molecule has 3 heteroatoms. The Labute approximate surface area is 46.6 Å². The molecule has 0 bridgehead atoms. The molecule has 1 aliphatic rings. The number of ether oxygens (including phenoxy) is 1. The predicted molar refractivity (Wildman–Crippen MR) is 25.1 cm³/mol. The molecule has 44 valence electrons. The highest BCUT2D eigenvalue weighted by Crippen LogP contribution is 2.30. The molecule has 2 atom stereocenters. The molecule has 0 N–H and O–H groups in total. The van der Waals surface area contributed by atoms with Crippen molar-refractivity contribution in [3.8, 4) is 0 Å². The van der Waals surface area contributed by atoms with Gasteiger partial charge in [0.25, 0.3) is 6.47 Å². The summed E-state index contributed by atoms with van der Waals surface area (Å²) in [6, 6.07) is 0. The quantitative estimate of drug-likeness (QED) is 0.475. The molecule has 0 spiro atoms. The van der Waals surface area contributed by atoms with Gasteiger partial charge in [0.15, 0.2) is 0 Å². The van der Waals surface area contributed by atoms with Crippen molar-refractivity contribution in [3.63, 3.8) is 0 Å². The summed E-state index contributed by atoms with van der Waals surface area (Å²) in [7, 11) is 0. The third-order valence-corrected chi connectivity index (χ3v) is 1.18. The van der Waals surface area contributed by atoms with E-state index in [-0.39, 0.29) is 12.0 Å². The first-order valence-electron chi connectivity index (χ1n) is 2.43. The normalized spacial score (nSPS) is 33.5. The Hall–Kier alpha value is -0.860. The van der Waals surface area contributed by atoms with Gasteiger partial charge in [-0.1, -0.05) is 0 Å². The zero-order chi connectivity index (χ0) is 5.98. The van der Waals surface area contributed by atoms with Crippen LogP contribution in [0.3, 0.4) is 0 Å². The van der Waals surface area contributed by atoms with E-state index in [0.29, 0.717) is 12.9 Å². The number of aldehydes is 1. The van der Waals surface area contributed by atoms with E-state index in [1.165, 1.54) is 0 Å². The van der Waals surface area contributed by atoms with Crippen LogP contribution in [0.5, 0.6) is 0 Å². The molecule has 0 aromatic carbocycles. The Kier molecular flexibility index (Phi) is 1.28.